The number of furan rings is 1. The van der Waals surface area contributed by atoms with Gasteiger partial charge < -0.3 is 4.42 Å². The molecule has 0 atom stereocenters. The van der Waals surface area contributed by atoms with Gasteiger partial charge in [0, 0.05) is 27.9 Å². The number of nitrogens with zero attached hydrogens (tertiary/aromatic N) is 1. The molecule has 2 aromatic heterocycles. The van der Waals surface area contributed by atoms with Crippen molar-refractivity contribution in [2.45, 2.75) is 19.1 Å². The van der Waals surface area contributed by atoms with Gasteiger partial charge in [-0.2, -0.15) is 0 Å². The SMILES string of the molecule is BC(B)(c1ccc2c(-c3ccc4c(c3)oc3ccc5ccccc5c34)nccc2c1)C(C)C. The molecule has 158 valence electrons. The second kappa shape index (κ2) is 7.25. The number of hydrogen-bond donors (Lipinski definition) is 0. The van der Waals surface area contributed by atoms with E-state index in [1.54, 1.807) is 0 Å². The number of rotatable bonds is 3. The first-order chi connectivity index (χ1) is 15.9. The molecule has 0 aliphatic heterocycles. The lowest BCUT2D eigenvalue weighted by atomic mass is 9.46. The minimum absolute atomic E-state index is 0.119. The molecule has 0 spiro atoms. The molecule has 6 aromatic rings. The summed E-state index contributed by atoms with van der Waals surface area (Å²) in [5.74, 6) is 0.558. The maximum Gasteiger partial charge on any atom is 0.136 e. The van der Waals surface area contributed by atoms with Gasteiger partial charge in [-0.25, -0.2) is 0 Å². The summed E-state index contributed by atoms with van der Waals surface area (Å²) < 4.78 is 6.30. The Hall–Kier alpha value is -3.52. The zero-order chi connectivity index (χ0) is 22.7. The van der Waals surface area contributed by atoms with Gasteiger partial charge in [0.05, 0.1) is 5.69 Å². The zero-order valence-corrected chi connectivity index (χ0v) is 19.5. The Balaban J connectivity index is 1.53. The van der Waals surface area contributed by atoms with E-state index >= 15 is 0 Å². The highest BCUT2D eigenvalue weighted by molar-refractivity contribution is 6.40. The fourth-order valence-corrected chi connectivity index (χ4v) is 4.84. The number of aromatic nitrogens is 1. The van der Waals surface area contributed by atoms with Crippen molar-refractivity contribution in [1.82, 2.24) is 4.98 Å². The predicted octanol–water partition coefficient (Wildman–Crippen LogP) is 6.03. The van der Waals surface area contributed by atoms with E-state index in [0.717, 1.165) is 27.8 Å². The quantitative estimate of drug-likeness (QED) is 0.324. The van der Waals surface area contributed by atoms with E-state index in [4.69, 9.17) is 9.40 Å². The molecule has 0 saturated carbocycles. The fourth-order valence-electron chi connectivity index (χ4n) is 4.84. The summed E-state index contributed by atoms with van der Waals surface area (Å²) in [7, 11) is 4.64. The van der Waals surface area contributed by atoms with E-state index < -0.39 is 0 Å². The largest absolute Gasteiger partial charge is 0.456 e. The lowest BCUT2D eigenvalue weighted by Crippen LogP contribution is -2.33. The maximum atomic E-state index is 6.30. The summed E-state index contributed by atoms with van der Waals surface area (Å²) in [6.07, 6.45) is 1.92. The van der Waals surface area contributed by atoms with Crippen molar-refractivity contribution < 1.29 is 4.42 Å². The highest BCUT2D eigenvalue weighted by atomic mass is 16.3. The van der Waals surface area contributed by atoms with E-state index in [9.17, 15) is 0 Å². The molecule has 0 aliphatic carbocycles. The molecule has 0 fully saturated rings. The van der Waals surface area contributed by atoms with Crippen LogP contribution in [0.15, 0.2) is 89.5 Å². The Morgan fingerprint density at radius 1 is 0.758 bits per heavy atom. The van der Waals surface area contributed by atoms with E-state index in [1.165, 1.54) is 32.5 Å². The molecule has 4 heteroatoms. The van der Waals surface area contributed by atoms with Crippen molar-refractivity contribution in [3.05, 3.63) is 90.6 Å². The second-order valence-corrected chi connectivity index (χ2v) is 9.94. The molecule has 0 unspecified atom stereocenters. The predicted molar refractivity (Wildman–Crippen MR) is 146 cm³/mol. The van der Waals surface area contributed by atoms with Crippen LogP contribution in [0.5, 0.6) is 0 Å². The van der Waals surface area contributed by atoms with Crippen LogP contribution in [0.2, 0.25) is 0 Å². The minimum atomic E-state index is 0.119. The summed E-state index contributed by atoms with van der Waals surface area (Å²) >= 11 is 0. The van der Waals surface area contributed by atoms with Crippen LogP contribution in [0.3, 0.4) is 0 Å². The van der Waals surface area contributed by atoms with Crippen LogP contribution in [0.1, 0.15) is 19.4 Å². The van der Waals surface area contributed by atoms with E-state index in [-0.39, 0.29) is 5.21 Å². The zero-order valence-electron chi connectivity index (χ0n) is 19.5. The van der Waals surface area contributed by atoms with Gasteiger partial charge in [-0.05, 0) is 40.4 Å². The van der Waals surface area contributed by atoms with E-state index in [2.05, 4.69) is 108 Å². The minimum Gasteiger partial charge on any atom is -0.456 e. The van der Waals surface area contributed by atoms with Crippen LogP contribution in [0, 0.1) is 5.92 Å². The summed E-state index contributed by atoms with van der Waals surface area (Å²) in [5.41, 5.74) is 5.25. The first kappa shape index (κ1) is 20.1. The summed E-state index contributed by atoms with van der Waals surface area (Å²) in [5, 5.41) is 7.29. The number of fused-ring (bicyclic) bond motifs is 6. The molecule has 0 radical (unpaired) electrons. The highest BCUT2D eigenvalue weighted by Gasteiger charge is 2.25. The molecule has 0 saturated heterocycles. The summed E-state index contributed by atoms with van der Waals surface area (Å²) in [6.45, 7) is 4.57. The van der Waals surface area contributed by atoms with E-state index in [1.807, 2.05) is 6.20 Å². The molecule has 0 aliphatic rings. The third kappa shape index (κ3) is 3.08. The smallest absolute Gasteiger partial charge is 0.136 e. The van der Waals surface area contributed by atoms with Crippen LogP contribution >= 0.6 is 0 Å². The van der Waals surface area contributed by atoms with Gasteiger partial charge >= 0.3 is 0 Å². The van der Waals surface area contributed by atoms with Crippen LogP contribution < -0.4 is 0 Å². The van der Waals surface area contributed by atoms with Crippen molar-refractivity contribution in [3.63, 3.8) is 0 Å². The summed E-state index contributed by atoms with van der Waals surface area (Å²) in [6, 6.07) is 28.1. The Bertz CT molecular complexity index is 1680. The number of pyridine rings is 1. The Labute approximate surface area is 195 Å². The third-order valence-corrected chi connectivity index (χ3v) is 7.59. The molecular formula is C29H25B2NO. The van der Waals surface area contributed by atoms with Gasteiger partial charge in [-0.3, -0.25) is 4.98 Å². The van der Waals surface area contributed by atoms with Crippen LogP contribution in [-0.2, 0) is 5.21 Å². The third-order valence-electron chi connectivity index (χ3n) is 7.59. The standard InChI is InChI=1S/C29H25B2NO/c1-17(2)29(30,31)21-9-11-23-19(15-21)13-14-32-28(23)20-7-10-24-26(16-20)33-25-12-8-18-5-3-4-6-22(18)27(24)25/h3-17H,30-31H2,1-2H3. The molecule has 0 N–H and O–H groups in total. The maximum absolute atomic E-state index is 6.30. The Morgan fingerprint density at radius 3 is 2.42 bits per heavy atom. The monoisotopic (exact) mass is 425 g/mol. The van der Waals surface area contributed by atoms with Gasteiger partial charge in [0.15, 0.2) is 0 Å². The Morgan fingerprint density at radius 2 is 1.58 bits per heavy atom. The van der Waals surface area contributed by atoms with Crippen molar-refractivity contribution >= 4 is 59.2 Å². The molecule has 0 amide bonds. The van der Waals surface area contributed by atoms with Crippen molar-refractivity contribution in [1.29, 1.82) is 0 Å². The topological polar surface area (TPSA) is 26.0 Å². The highest BCUT2D eigenvalue weighted by Crippen LogP contribution is 2.38. The Kier molecular flexibility index (Phi) is 4.42. The second-order valence-electron chi connectivity index (χ2n) is 9.94. The van der Waals surface area contributed by atoms with Crippen LogP contribution in [0.4, 0.5) is 0 Å². The molecule has 4 aromatic carbocycles. The molecule has 2 heterocycles. The van der Waals surface area contributed by atoms with Gasteiger partial charge in [0.2, 0.25) is 0 Å². The number of hydrogen-bond acceptors (Lipinski definition) is 2. The first-order valence-electron chi connectivity index (χ1n) is 11.7. The molecule has 0 bridgehead atoms. The normalized spacial score (nSPS) is 12.5. The average Bonchev–Trinajstić information content (AvgIpc) is 3.21. The van der Waals surface area contributed by atoms with Crippen LogP contribution in [-0.4, -0.2) is 20.7 Å². The number of benzene rings is 4. The lowest BCUT2D eigenvalue weighted by Gasteiger charge is -2.30. The van der Waals surface area contributed by atoms with Gasteiger partial charge in [-0.15, -0.1) is 0 Å². The molecule has 33 heavy (non-hydrogen) atoms. The molecular weight excluding hydrogens is 400 g/mol. The molecule has 2 nitrogen and oxygen atoms in total. The molecule has 6 rings (SSSR count). The fraction of sp³-hybridized carbons (Fsp3) is 0.138. The van der Waals surface area contributed by atoms with Crippen molar-refractivity contribution in [3.8, 4) is 11.3 Å². The van der Waals surface area contributed by atoms with Crippen molar-refractivity contribution in [2.24, 2.45) is 5.92 Å². The average molecular weight is 425 g/mol. The first-order valence-corrected chi connectivity index (χ1v) is 11.7. The van der Waals surface area contributed by atoms with Crippen molar-refractivity contribution in [2.75, 3.05) is 0 Å². The lowest BCUT2D eigenvalue weighted by molar-refractivity contribution is 0.571. The summed E-state index contributed by atoms with van der Waals surface area (Å²) in [4.78, 5) is 4.77. The van der Waals surface area contributed by atoms with Gasteiger partial charge in [-0.1, -0.05) is 85.1 Å². The van der Waals surface area contributed by atoms with E-state index in [0.29, 0.717) is 5.92 Å². The van der Waals surface area contributed by atoms with Gasteiger partial charge in [0.25, 0.3) is 0 Å². The van der Waals surface area contributed by atoms with Gasteiger partial charge in [0.1, 0.15) is 26.9 Å². The van der Waals surface area contributed by atoms with Crippen LogP contribution in [0.25, 0.3) is 54.7 Å².